The summed E-state index contributed by atoms with van der Waals surface area (Å²) in [5.74, 6) is 0.193. The Bertz CT molecular complexity index is 505. The van der Waals surface area contributed by atoms with Crippen molar-refractivity contribution in [3.63, 3.8) is 0 Å². The Morgan fingerprint density at radius 1 is 1.27 bits per heavy atom. The van der Waals surface area contributed by atoms with Crippen LogP contribution in [0.3, 0.4) is 0 Å². The number of phenols is 2. The summed E-state index contributed by atoms with van der Waals surface area (Å²) >= 11 is 0. The second-order valence-electron chi connectivity index (χ2n) is 3.16. The van der Waals surface area contributed by atoms with Gasteiger partial charge in [-0.2, -0.15) is 4.98 Å². The normalized spacial score (nSPS) is 10.5. The van der Waals surface area contributed by atoms with Crippen molar-refractivity contribution in [1.82, 2.24) is 4.98 Å². The Balaban J connectivity index is 2.54. The van der Waals surface area contributed by atoms with E-state index >= 15 is 0 Å². The molecule has 0 atom stereocenters. The van der Waals surface area contributed by atoms with Gasteiger partial charge in [0.2, 0.25) is 0 Å². The lowest BCUT2D eigenvalue weighted by molar-refractivity contribution is 0.404. The number of hydrogen-bond donors (Lipinski definition) is 3. The third kappa shape index (κ3) is 1.59. The number of anilines is 1. The highest BCUT2D eigenvalue weighted by Gasteiger charge is 2.11. The van der Waals surface area contributed by atoms with Crippen LogP contribution in [0.1, 0.15) is 5.76 Å². The third-order valence-corrected chi connectivity index (χ3v) is 2.06. The minimum absolute atomic E-state index is 0.0788. The number of phenolic OH excluding ortho intramolecular Hbond substituents is 2. The maximum atomic E-state index is 9.32. The maximum Gasteiger partial charge on any atom is 0.292 e. The summed E-state index contributed by atoms with van der Waals surface area (Å²) in [5.41, 5.74) is 6.60. The SMILES string of the molecule is Cc1oc(N)nc1-c1ccc(O)c(O)c1. The van der Waals surface area contributed by atoms with E-state index < -0.39 is 0 Å². The van der Waals surface area contributed by atoms with Gasteiger partial charge in [0.25, 0.3) is 6.01 Å². The van der Waals surface area contributed by atoms with E-state index in [9.17, 15) is 5.11 Å². The lowest BCUT2D eigenvalue weighted by Crippen LogP contribution is -1.84. The fourth-order valence-electron chi connectivity index (χ4n) is 1.36. The van der Waals surface area contributed by atoms with Crippen LogP contribution < -0.4 is 5.73 Å². The molecule has 0 aliphatic heterocycles. The summed E-state index contributed by atoms with van der Waals surface area (Å²) in [6.45, 7) is 1.72. The van der Waals surface area contributed by atoms with Crippen molar-refractivity contribution in [3.05, 3.63) is 24.0 Å². The standard InChI is InChI=1S/C10H10N2O3/c1-5-9(12-10(11)15-5)6-2-3-7(13)8(14)4-6/h2-4,13-14H,1H3,(H2,11,12). The van der Waals surface area contributed by atoms with Crippen LogP contribution in [0.2, 0.25) is 0 Å². The van der Waals surface area contributed by atoms with Gasteiger partial charge in [0.15, 0.2) is 11.5 Å². The van der Waals surface area contributed by atoms with E-state index in [0.717, 1.165) is 0 Å². The molecule has 0 bridgehead atoms. The van der Waals surface area contributed by atoms with Gasteiger partial charge in [0.05, 0.1) is 0 Å². The van der Waals surface area contributed by atoms with E-state index in [-0.39, 0.29) is 17.5 Å². The van der Waals surface area contributed by atoms with Gasteiger partial charge in [-0.3, -0.25) is 0 Å². The monoisotopic (exact) mass is 206 g/mol. The molecule has 0 amide bonds. The van der Waals surface area contributed by atoms with Crippen molar-refractivity contribution >= 4 is 6.01 Å². The molecule has 1 aromatic carbocycles. The number of aryl methyl sites for hydroxylation is 1. The van der Waals surface area contributed by atoms with E-state index in [2.05, 4.69) is 4.98 Å². The predicted molar refractivity (Wildman–Crippen MR) is 54.4 cm³/mol. The first kappa shape index (κ1) is 9.39. The number of nitrogen functional groups attached to an aromatic ring is 1. The van der Waals surface area contributed by atoms with Crippen LogP contribution in [0.4, 0.5) is 6.01 Å². The highest BCUT2D eigenvalue weighted by Crippen LogP contribution is 2.31. The van der Waals surface area contributed by atoms with Gasteiger partial charge < -0.3 is 20.4 Å². The van der Waals surface area contributed by atoms with Gasteiger partial charge in [0.1, 0.15) is 11.5 Å². The summed E-state index contributed by atoms with van der Waals surface area (Å²) in [4.78, 5) is 3.97. The molecular formula is C10H10N2O3. The van der Waals surface area contributed by atoms with Gasteiger partial charge in [0, 0.05) is 5.56 Å². The predicted octanol–water partition coefficient (Wildman–Crippen LogP) is 1.64. The van der Waals surface area contributed by atoms with E-state index in [4.69, 9.17) is 15.3 Å². The molecule has 5 heteroatoms. The van der Waals surface area contributed by atoms with Gasteiger partial charge in [-0.1, -0.05) is 0 Å². The van der Waals surface area contributed by atoms with E-state index in [1.165, 1.54) is 12.1 Å². The summed E-state index contributed by atoms with van der Waals surface area (Å²) in [5, 5.41) is 18.5. The van der Waals surface area contributed by atoms with Crippen molar-refractivity contribution in [2.24, 2.45) is 0 Å². The molecule has 4 N–H and O–H groups in total. The van der Waals surface area contributed by atoms with Crippen molar-refractivity contribution in [1.29, 1.82) is 0 Å². The molecule has 78 valence electrons. The molecule has 0 spiro atoms. The number of nitrogens with zero attached hydrogens (tertiary/aromatic N) is 1. The summed E-state index contributed by atoms with van der Waals surface area (Å²) < 4.78 is 5.06. The Labute approximate surface area is 85.8 Å². The van der Waals surface area contributed by atoms with Crippen LogP contribution in [0.25, 0.3) is 11.3 Å². The maximum absolute atomic E-state index is 9.32. The van der Waals surface area contributed by atoms with Crippen molar-refractivity contribution in [2.45, 2.75) is 6.92 Å². The zero-order valence-corrected chi connectivity index (χ0v) is 8.06. The highest BCUT2D eigenvalue weighted by atomic mass is 16.4. The number of aromatic nitrogens is 1. The first-order valence-corrected chi connectivity index (χ1v) is 4.33. The minimum atomic E-state index is -0.200. The van der Waals surface area contributed by atoms with Crippen molar-refractivity contribution in [2.75, 3.05) is 5.73 Å². The Morgan fingerprint density at radius 2 is 2.00 bits per heavy atom. The van der Waals surface area contributed by atoms with Crippen LogP contribution >= 0.6 is 0 Å². The molecule has 15 heavy (non-hydrogen) atoms. The second kappa shape index (κ2) is 3.20. The van der Waals surface area contributed by atoms with Gasteiger partial charge in [-0.05, 0) is 25.1 Å². The lowest BCUT2D eigenvalue weighted by Gasteiger charge is -2.00. The molecule has 5 nitrogen and oxygen atoms in total. The van der Waals surface area contributed by atoms with Crippen molar-refractivity contribution in [3.8, 4) is 22.8 Å². The minimum Gasteiger partial charge on any atom is -0.504 e. The average Bonchev–Trinajstić information content (AvgIpc) is 2.50. The average molecular weight is 206 g/mol. The molecular weight excluding hydrogens is 196 g/mol. The molecule has 1 aromatic heterocycles. The summed E-state index contributed by atoms with van der Waals surface area (Å²) in [7, 11) is 0. The molecule has 0 saturated heterocycles. The van der Waals surface area contributed by atoms with Gasteiger partial charge in [-0.25, -0.2) is 0 Å². The molecule has 0 saturated carbocycles. The number of benzene rings is 1. The zero-order valence-electron chi connectivity index (χ0n) is 8.06. The largest absolute Gasteiger partial charge is 0.504 e. The summed E-state index contributed by atoms with van der Waals surface area (Å²) in [6, 6.07) is 4.49. The quantitative estimate of drug-likeness (QED) is 0.617. The van der Waals surface area contributed by atoms with Gasteiger partial charge in [-0.15, -0.1) is 0 Å². The van der Waals surface area contributed by atoms with Crippen molar-refractivity contribution < 1.29 is 14.6 Å². The first-order chi connectivity index (χ1) is 7.08. The third-order valence-electron chi connectivity index (χ3n) is 2.06. The van der Waals surface area contributed by atoms with E-state index in [1.807, 2.05) is 0 Å². The highest BCUT2D eigenvalue weighted by molar-refractivity contribution is 5.65. The fraction of sp³-hybridized carbons (Fsp3) is 0.100. The van der Waals surface area contributed by atoms with E-state index in [1.54, 1.807) is 13.0 Å². The van der Waals surface area contributed by atoms with E-state index in [0.29, 0.717) is 17.0 Å². The number of aromatic hydroxyl groups is 2. The second-order valence-corrected chi connectivity index (χ2v) is 3.16. The van der Waals surface area contributed by atoms with Crippen LogP contribution in [0.5, 0.6) is 11.5 Å². The fourth-order valence-corrected chi connectivity index (χ4v) is 1.36. The Kier molecular flexibility index (Phi) is 2.00. The van der Waals surface area contributed by atoms with Crippen LogP contribution in [-0.2, 0) is 0 Å². The molecule has 0 fully saturated rings. The molecule has 2 aromatic rings. The lowest BCUT2D eigenvalue weighted by atomic mass is 10.1. The molecule has 0 radical (unpaired) electrons. The zero-order chi connectivity index (χ0) is 11.0. The number of nitrogens with two attached hydrogens (primary N) is 1. The van der Waals surface area contributed by atoms with Crippen LogP contribution in [0, 0.1) is 6.92 Å². The molecule has 1 heterocycles. The topological polar surface area (TPSA) is 92.5 Å². The number of hydrogen-bond acceptors (Lipinski definition) is 5. The van der Waals surface area contributed by atoms with Gasteiger partial charge >= 0.3 is 0 Å². The summed E-state index contributed by atoms with van der Waals surface area (Å²) in [6.07, 6.45) is 0. The Hall–Kier alpha value is -2.17. The number of rotatable bonds is 1. The Morgan fingerprint density at radius 3 is 2.53 bits per heavy atom. The molecule has 0 aliphatic rings. The first-order valence-electron chi connectivity index (χ1n) is 4.33. The van der Waals surface area contributed by atoms with Crippen LogP contribution in [-0.4, -0.2) is 15.2 Å². The number of oxazole rings is 1. The van der Waals surface area contributed by atoms with Crippen LogP contribution in [0.15, 0.2) is 22.6 Å². The molecule has 0 unspecified atom stereocenters. The smallest absolute Gasteiger partial charge is 0.292 e. The molecule has 0 aliphatic carbocycles. The molecule has 2 rings (SSSR count).